The van der Waals surface area contributed by atoms with E-state index in [0.29, 0.717) is 17.5 Å². The second-order valence-corrected chi connectivity index (χ2v) is 13.0. The highest BCUT2D eigenvalue weighted by Crippen LogP contribution is 2.66. The van der Waals surface area contributed by atoms with E-state index in [1.807, 2.05) is 47.7 Å². The van der Waals surface area contributed by atoms with E-state index in [1.54, 1.807) is 0 Å². The molecule has 0 saturated carbocycles. The summed E-state index contributed by atoms with van der Waals surface area (Å²) < 4.78 is 1.32. The molecule has 1 unspecified atom stereocenters. The van der Waals surface area contributed by atoms with E-state index in [0.717, 1.165) is 16.7 Å². The van der Waals surface area contributed by atoms with Crippen LogP contribution in [0.3, 0.4) is 0 Å². The first-order valence-electron chi connectivity index (χ1n) is 15.5. The molecular formula is C42H25N3S. The van der Waals surface area contributed by atoms with Gasteiger partial charge in [-0.3, -0.25) is 0 Å². The van der Waals surface area contributed by atoms with Gasteiger partial charge in [0, 0.05) is 37.2 Å². The molecule has 0 aliphatic heterocycles. The second kappa shape index (κ2) is 9.64. The zero-order chi connectivity index (χ0) is 30.2. The standard InChI is InChI=1S/C42H25N3S/c1-3-13-26(14-4-1)39-43-40(27-15-5-2-6-16-27)45-41(44-39)28-23-24-30-29-17-7-10-20-33(29)42(35(30)25-28)34-21-11-8-18-31(34)37-32-19-9-12-22-36(32)46-38(37)42/h1-25H. The van der Waals surface area contributed by atoms with Crippen molar-refractivity contribution in [3.63, 3.8) is 0 Å². The summed E-state index contributed by atoms with van der Waals surface area (Å²) in [5.41, 5.74) is 11.7. The van der Waals surface area contributed by atoms with Crippen molar-refractivity contribution in [2.24, 2.45) is 0 Å². The van der Waals surface area contributed by atoms with Crippen molar-refractivity contribution < 1.29 is 0 Å². The summed E-state index contributed by atoms with van der Waals surface area (Å²) in [5, 5.41) is 1.33. The van der Waals surface area contributed by atoms with E-state index in [-0.39, 0.29) is 0 Å². The summed E-state index contributed by atoms with van der Waals surface area (Å²) in [6.07, 6.45) is 0. The molecule has 0 N–H and O–H groups in total. The Hall–Kier alpha value is -5.71. The summed E-state index contributed by atoms with van der Waals surface area (Å²) in [4.78, 5) is 16.5. The molecule has 46 heavy (non-hydrogen) atoms. The highest BCUT2D eigenvalue weighted by Gasteiger charge is 2.53. The van der Waals surface area contributed by atoms with Crippen LogP contribution in [0.5, 0.6) is 0 Å². The zero-order valence-corrected chi connectivity index (χ0v) is 25.5. The molecule has 2 aromatic heterocycles. The average Bonchev–Trinajstić information content (AvgIpc) is 3.76. The van der Waals surface area contributed by atoms with Crippen molar-refractivity contribution in [3.05, 3.63) is 173 Å². The summed E-state index contributed by atoms with van der Waals surface area (Å²) in [7, 11) is 0. The van der Waals surface area contributed by atoms with Gasteiger partial charge in [0.25, 0.3) is 0 Å². The van der Waals surface area contributed by atoms with E-state index in [4.69, 9.17) is 15.0 Å². The summed E-state index contributed by atoms with van der Waals surface area (Å²) in [6, 6.07) is 54.0. The lowest BCUT2D eigenvalue weighted by molar-refractivity contribution is 0.811. The minimum atomic E-state index is -0.422. The minimum Gasteiger partial charge on any atom is -0.208 e. The smallest absolute Gasteiger partial charge is 0.164 e. The lowest BCUT2D eigenvalue weighted by Gasteiger charge is -2.29. The Kier molecular flexibility index (Phi) is 5.37. The van der Waals surface area contributed by atoms with Crippen molar-refractivity contribution in [3.8, 4) is 56.4 Å². The molecule has 4 heteroatoms. The first-order valence-corrected chi connectivity index (χ1v) is 16.4. The van der Waals surface area contributed by atoms with E-state index >= 15 is 0 Å². The zero-order valence-electron chi connectivity index (χ0n) is 24.7. The van der Waals surface area contributed by atoms with E-state index in [1.165, 1.54) is 53.9 Å². The maximum absolute atomic E-state index is 5.09. The van der Waals surface area contributed by atoms with Crippen LogP contribution < -0.4 is 0 Å². The largest absolute Gasteiger partial charge is 0.208 e. The number of rotatable bonds is 3. The lowest BCUT2D eigenvalue weighted by atomic mass is 9.73. The van der Waals surface area contributed by atoms with Crippen LogP contribution in [0.15, 0.2) is 152 Å². The Morgan fingerprint density at radius 1 is 0.413 bits per heavy atom. The number of aromatic nitrogens is 3. The predicted octanol–water partition coefficient (Wildman–Crippen LogP) is 10.4. The molecular weight excluding hydrogens is 579 g/mol. The van der Waals surface area contributed by atoms with Crippen LogP contribution in [0.1, 0.15) is 21.6 Å². The quantitative estimate of drug-likeness (QED) is 0.202. The number of benzene rings is 6. The minimum absolute atomic E-state index is 0.422. The van der Waals surface area contributed by atoms with Gasteiger partial charge in [-0.1, -0.05) is 140 Å². The Morgan fingerprint density at radius 2 is 0.935 bits per heavy atom. The van der Waals surface area contributed by atoms with Gasteiger partial charge < -0.3 is 0 Å². The highest BCUT2D eigenvalue weighted by molar-refractivity contribution is 7.20. The van der Waals surface area contributed by atoms with Gasteiger partial charge in [0.15, 0.2) is 17.5 Å². The molecule has 3 nitrogen and oxygen atoms in total. The van der Waals surface area contributed by atoms with Crippen LogP contribution in [-0.2, 0) is 5.41 Å². The molecule has 0 radical (unpaired) electrons. The molecule has 1 spiro atoms. The average molecular weight is 604 g/mol. The molecule has 0 amide bonds. The first kappa shape index (κ1) is 25.6. The van der Waals surface area contributed by atoms with Gasteiger partial charge in [-0.05, 0) is 45.5 Å². The molecule has 214 valence electrons. The third kappa shape index (κ3) is 3.45. The molecule has 0 saturated heterocycles. The van der Waals surface area contributed by atoms with Crippen molar-refractivity contribution >= 4 is 21.4 Å². The number of hydrogen-bond acceptors (Lipinski definition) is 4. The van der Waals surface area contributed by atoms with Gasteiger partial charge in [0.05, 0.1) is 5.41 Å². The second-order valence-electron chi connectivity index (χ2n) is 11.9. The van der Waals surface area contributed by atoms with Crippen LogP contribution in [0.25, 0.3) is 66.5 Å². The molecule has 2 aliphatic carbocycles. The van der Waals surface area contributed by atoms with Crippen LogP contribution in [0, 0.1) is 0 Å². The van der Waals surface area contributed by atoms with E-state index in [2.05, 4.69) is 115 Å². The first-order chi connectivity index (χ1) is 22.8. The number of nitrogens with zero attached hydrogens (tertiary/aromatic N) is 3. The molecule has 1 atom stereocenters. The Bertz CT molecular complexity index is 2420. The predicted molar refractivity (Wildman–Crippen MR) is 188 cm³/mol. The number of hydrogen-bond donors (Lipinski definition) is 0. The molecule has 8 aromatic rings. The van der Waals surface area contributed by atoms with Gasteiger partial charge in [-0.15, -0.1) is 11.3 Å². The monoisotopic (exact) mass is 603 g/mol. The molecule has 0 bridgehead atoms. The van der Waals surface area contributed by atoms with Crippen molar-refractivity contribution in [2.75, 3.05) is 0 Å². The van der Waals surface area contributed by atoms with Crippen LogP contribution in [0.4, 0.5) is 0 Å². The summed E-state index contributed by atoms with van der Waals surface area (Å²) >= 11 is 1.93. The van der Waals surface area contributed by atoms with E-state index in [9.17, 15) is 0 Å². The highest BCUT2D eigenvalue weighted by atomic mass is 32.1. The summed E-state index contributed by atoms with van der Waals surface area (Å²) in [5.74, 6) is 2.01. The third-order valence-electron chi connectivity index (χ3n) is 9.54. The van der Waals surface area contributed by atoms with E-state index < -0.39 is 5.41 Å². The van der Waals surface area contributed by atoms with Crippen molar-refractivity contribution in [1.82, 2.24) is 15.0 Å². The van der Waals surface area contributed by atoms with Crippen molar-refractivity contribution in [1.29, 1.82) is 0 Å². The van der Waals surface area contributed by atoms with Crippen molar-refractivity contribution in [2.45, 2.75) is 5.41 Å². The molecule has 10 rings (SSSR count). The maximum Gasteiger partial charge on any atom is 0.164 e. The number of fused-ring (bicyclic) bond motifs is 12. The van der Waals surface area contributed by atoms with Gasteiger partial charge >= 0.3 is 0 Å². The van der Waals surface area contributed by atoms with Crippen LogP contribution >= 0.6 is 11.3 Å². The molecule has 6 aromatic carbocycles. The fraction of sp³-hybridized carbons (Fsp3) is 0.0238. The molecule has 2 aliphatic rings. The van der Waals surface area contributed by atoms with Gasteiger partial charge in [-0.2, -0.15) is 0 Å². The topological polar surface area (TPSA) is 38.7 Å². The third-order valence-corrected chi connectivity index (χ3v) is 10.8. The molecule has 2 heterocycles. The maximum atomic E-state index is 5.09. The fourth-order valence-electron chi connectivity index (χ4n) is 7.62. The van der Waals surface area contributed by atoms with Gasteiger partial charge in [0.1, 0.15) is 0 Å². The van der Waals surface area contributed by atoms with Gasteiger partial charge in [0.2, 0.25) is 0 Å². The van der Waals surface area contributed by atoms with Gasteiger partial charge in [-0.25, -0.2) is 15.0 Å². The Morgan fingerprint density at radius 3 is 1.63 bits per heavy atom. The Balaban J connectivity index is 1.27. The molecule has 0 fully saturated rings. The normalized spacial score (nSPS) is 15.5. The SMILES string of the molecule is c1ccc(-c2nc(-c3ccccc3)nc(-c3ccc4c(c3)C3(c5ccccc5-4)c4ccccc4-c4c3sc3ccccc43)n2)cc1. The number of thiophene rings is 1. The Labute approximate surface area is 270 Å². The fourth-order valence-corrected chi connectivity index (χ4v) is 9.07. The summed E-state index contributed by atoms with van der Waals surface area (Å²) in [6.45, 7) is 0. The lowest BCUT2D eigenvalue weighted by Crippen LogP contribution is -2.25. The van der Waals surface area contributed by atoms with Crippen LogP contribution in [0.2, 0.25) is 0 Å². The van der Waals surface area contributed by atoms with Crippen LogP contribution in [-0.4, -0.2) is 15.0 Å².